The van der Waals surface area contributed by atoms with Crippen LogP contribution in [0.4, 0.5) is 0 Å². The molecule has 0 radical (unpaired) electrons. The van der Waals surface area contributed by atoms with Gasteiger partial charge in [0.05, 0.1) is 16.7 Å². The number of benzene rings is 2. The molecule has 0 saturated carbocycles. The highest BCUT2D eigenvalue weighted by molar-refractivity contribution is 7.21. The molecular weight excluding hydrogens is 372 g/mol. The molecule has 3 rings (SSSR count). The summed E-state index contributed by atoms with van der Waals surface area (Å²) in [5.74, 6) is -1.02. The van der Waals surface area contributed by atoms with Gasteiger partial charge in [0.25, 0.3) is 5.91 Å². The van der Waals surface area contributed by atoms with Gasteiger partial charge < -0.3 is 10.1 Å². The zero-order valence-electron chi connectivity index (χ0n) is 13.5. The fraction of sp³-hybridized carbons (Fsp3) is 0.105. The van der Waals surface area contributed by atoms with Gasteiger partial charge in [-0.2, -0.15) is 5.26 Å². The molecule has 0 aliphatic carbocycles. The van der Waals surface area contributed by atoms with Gasteiger partial charge in [-0.15, -0.1) is 11.3 Å². The highest BCUT2D eigenvalue weighted by Gasteiger charge is 2.17. The molecule has 0 aliphatic heterocycles. The van der Waals surface area contributed by atoms with Crippen LogP contribution in [0.2, 0.25) is 5.02 Å². The summed E-state index contributed by atoms with van der Waals surface area (Å²) in [5.41, 5.74) is 1.06. The first-order valence-electron chi connectivity index (χ1n) is 7.69. The number of halogens is 1. The minimum atomic E-state index is -0.594. The van der Waals surface area contributed by atoms with E-state index in [0.717, 1.165) is 10.1 Å². The summed E-state index contributed by atoms with van der Waals surface area (Å²) >= 11 is 7.51. The lowest BCUT2D eigenvalue weighted by Crippen LogP contribution is -2.30. The summed E-state index contributed by atoms with van der Waals surface area (Å²) < 4.78 is 6.01. The number of nitriles is 1. The fourth-order valence-corrected chi connectivity index (χ4v) is 3.79. The van der Waals surface area contributed by atoms with E-state index in [2.05, 4.69) is 5.32 Å². The maximum Gasteiger partial charge on any atom is 0.325 e. The highest BCUT2D eigenvalue weighted by atomic mass is 35.5. The average Bonchev–Trinajstić information content (AvgIpc) is 3.01. The summed E-state index contributed by atoms with van der Waals surface area (Å²) in [6, 6.07) is 16.3. The van der Waals surface area contributed by atoms with Crippen molar-refractivity contribution in [2.75, 3.05) is 6.54 Å². The minimum Gasteiger partial charge on any atom is -0.459 e. The van der Waals surface area contributed by atoms with Gasteiger partial charge >= 0.3 is 5.97 Å². The van der Waals surface area contributed by atoms with Crippen molar-refractivity contribution in [3.8, 4) is 6.07 Å². The Morgan fingerprint density at radius 2 is 1.88 bits per heavy atom. The number of rotatable bonds is 5. The first kappa shape index (κ1) is 17.9. The van der Waals surface area contributed by atoms with Gasteiger partial charge in [0, 0.05) is 15.6 Å². The topological polar surface area (TPSA) is 79.2 Å². The molecule has 26 heavy (non-hydrogen) atoms. The lowest BCUT2D eigenvalue weighted by Gasteiger charge is -2.07. The molecule has 1 amide bonds. The van der Waals surface area contributed by atoms with Crippen molar-refractivity contribution in [1.82, 2.24) is 5.32 Å². The third-order valence-electron chi connectivity index (χ3n) is 3.66. The van der Waals surface area contributed by atoms with Crippen molar-refractivity contribution >= 4 is 44.9 Å². The Hall–Kier alpha value is -2.88. The smallest absolute Gasteiger partial charge is 0.325 e. The Balaban J connectivity index is 1.58. The minimum absolute atomic E-state index is 0.0257. The zero-order valence-corrected chi connectivity index (χ0v) is 15.1. The first-order valence-corrected chi connectivity index (χ1v) is 8.88. The van der Waals surface area contributed by atoms with Crippen LogP contribution in [-0.2, 0) is 16.1 Å². The summed E-state index contributed by atoms with van der Waals surface area (Å²) in [6.07, 6.45) is 0. The van der Waals surface area contributed by atoms with Gasteiger partial charge in [-0.25, -0.2) is 0 Å². The molecule has 0 saturated heterocycles. The van der Waals surface area contributed by atoms with Crippen LogP contribution in [0.5, 0.6) is 0 Å². The van der Waals surface area contributed by atoms with Crippen LogP contribution in [0.1, 0.15) is 20.8 Å². The van der Waals surface area contributed by atoms with Crippen LogP contribution in [-0.4, -0.2) is 18.4 Å². The maximum absolute atomic E-state index is 12.3. The largest absolute Gasteiger partial charge is 0.459 e. The molecule has 0 bridgehead atoms. The van der Waals surface area contributed by atoms with E-state index in [-0.39, 0.29) is 13.2 Å². The molecule has 7 heteroatoms. The number of ether oxygens (including phenoxy) is 1. The van der Waals surface area contributed by atoms with Crippen molar-refractivity contribution in [1.29, 1.82) is 5.26 Å². The zero-order chi connectivity index (χ0) is 18.5. The second-order valence-electron chi connectivity index (χ2n) is 5.35. The lowest BCUT2D eigenvalue weighted by molar-refractivity contribution is -0.143. The number of fused-ring (bicyclic) bond motifs is 1. The van der Waals surface area contributed by atoms with E-state index in [0.29, 0.717) is 21.0 Å². The number of nitrogens with one attached hydrogen (secondary N) is 1. The Labute approximate surface area is 158 Å². The van der Waals surface area contributed by atoms with E-state index in [1.54, 1.807) is 24.3 Å². The standard InChI is InChI=1S/C19H13ClN2O3S/c20-17-14-7-3-4-8-15(14)26-18(17)19(24)22-10-16(23)25-11-13-6-2-1-5-12(13)9-21/h1-8H,10-11H2,(H,22,24). The molecule has 2 aromatic carbocycles. The van der Waals surface area contributed by atoms with Crippen molar-refractivity contribution in [3.63, 3.8) is 0 Å². The van der Waals surface area contributed by atoms with Gasteiger partial charge in [-0.05, 0) is 12.1 Å². The molecule has 130 valence electrons. The van der Waals surface area contributed by atoms with Gasteiger partial charge in [0.15, 0.2) is 0 Å². The van der Waals surface area contributed by atoms with Crippen molar-refractivity contribution < 1.29 is 14.3 Å². The number of carbonyl (C=O) groups excluding carboxylic acids is 2. The first-order chi connectivity index (χ1) is 12.6. The molecule has 3 aromatic rings. The third-order valence-corrected chi connectivity index (χ3v) is 5.34. The molecule has 1 N–H and O–H groups in total. The third kappa shape index (κ3) is 3.85. The van der Waals surface area contributed by atoms with Crippen LogP contribution >= 0.6 is 22.9 Å². The predicted octanol–water partition coefficient (Wildman–Crippen LogP) is 3.90. The normalized spacial score (nSPS) is 10.3. The number of carbonyl (C=O) groups is 2. The van der Waals surface area contributed by atoms with Crippen molar-refractivity contribution in [2.45, 2.75) is 6.61 Å². The monoisotopic (exact) mass is 384 g/mol. The van der Waals surface area contributed by atoms with E-state index in [4.69, 9.17) is 21.6 Å². The molecule has 5 nitrogen and oxygen atoms in total. The van der Waals surface area contributed by atoms with E-state index >= 15 is 0 Å². The lowest BCUT2D eigenvalue weighted by atomic mass is 10.1. The number of esters is 1. The quantitative estimate of drug-likeness (QED) is 0.676. The SMILES string of the molecule is N#Cc1ccccc1COC(=O)CNC(=O)c1sc2ccccc2c1Cl. The number of hydrogen-bond acceptors (Lipinski definition) is 5. The second-order valence-corrected chi connectivity index (χ2v) is 6.78. The van der Waals surface area contributed by atoms with Crippen LogP contribution in [0, 0.1) is 11.3 Å². The summed E-state index contributed by atoms with van der Waals surface area (Å²) in [5, 5.41) is 12.7. The average molecular weight is 385 g/mol. The van der Waals surface area contributed by atoms with E-state index in [9.17, 15) is 9.59 Å². The Bertz CT molecular complexity index is 1020. The van der Waals surface area contributed by atoms with Crippen molar-refractivity contribution in [2.24, 2.45) is 0 Å². The molecule has 0 aliphatic rings. The molecule has 0 fully saturated rings. The van der Waals surface area contributed by atoms with E-state index in [1.165, 1.54) is 11.3 Å². The summed E-state index contributed by atoms with van der Waals surface area (Å²) in [4.78, 5) is 24.5. The Morgan fingerprint density at radius 3 is 2.65 bits per heavy atom. The van der Waals surface area contributed by atoms with Gasteiger partial charge in [-0.3, -0.25) is 9.59 Å². The molecule has 1 aromatic heterocycles. The van der Waals surface area contributed by atoms with Crippen molar-refractivity contribution in [3.05, 3.63) is 69.6 Å². The number of thiophene rings is 1. The Morgan fingerprint density at radius 1 is 1.15 bits per heavy atom. The van der Waals surface area contributed by atoms with Crippen LogP contribution in [0.3, 0.4) is 0 Å². The summed E-state index contributed by atoms with van der Waals surface area (Å²) in [7, 11) is 0. The van der Waals surface area contributed by atoms with E-state index < -0.39 is 11.9 Å². The molecular formula is C19H13ClN2O3S. The van der Waals surface area contributed by atoms with Gasteiger partial charge in [0.1, 0.15) is 18.0 Å². The number of nitrogens with zero attached hydrogens (tertiary/aromatic N) is 1. The van der Waals surface area contributed by atoms with Crippen LogP contribution in [0.25, 0.3) is 10.1 Å². The predicted molar refractivity (Wildman–Crippen MR) is 100 cm³/mol. The Kier molecular flexibility index (Phi) is 5.52. The second kappa shape index (κ2) is 8.00. The molecule has 0 atom stereocenters. The van der Waals surface area contributed by atoms with Crippen LogP contribution in [0.15, 0.2) is 48.5 Å². The molecule has 1 heterocycles. The van der Waals surface area contributed by atoms with Gasteiger partial charge in [0.2, 0.25) is 0 Å². The van der Waals surface area contributed by atoms with Crippen LogP contribution < -0.4 is 5.32 Å². The van der Waals surface area contributed by atoms with E-state index in [1.807, 2.05) is 30.3 Å². The molecule has 0 spiro atoms. The number of hydrogen-bond donors (Lipinski definition) is 1. The number of amides is 1. The molecule has 0 unspecified atom stereocenters. The highest BCUT2D eigenvalue weighted by Crippen LogP contribution is 2.34. The van der Waals surface area contributed by atoms with Gasteiger partial charge in [-0.1, -0.05) is 48.0 Å². The fourth-order valence-electron chi connectivity index (χ4n) is 2.36. The maximum atomic E-state index is 12.3. The summed E-state index contributed by atoms with van der Waals surface area (Å²) in [6.45, 7) is -0.305.